The smallest absolute Gasteiger partial charge is 0.393 e. The molecule has 1 atom stereocenters. The van der Waals surface area contributed by atoms with Crippen LogP contribution in [0.4, 0.5) is 13.2 Å². The van der Waals surface area contributed by atoms with Crippen molar-refractivity contribution < 1.29 is 27.5 Å². The Hall–Kier alpha value is -2.25. The number of ether oxygens (including phenoxy) is 1. The van der Waals surface area contributed by atoms with Crippen molar-refractivity contribution in [2.45, 2.75) is 19.0 Å². The number of nitrogens with zero attached hydrogens (tertiary/aromatic N) is 1. The molecule has 2 rings (SSSR count). The predicted octanol–water partition coefficient (Wildman–Crippen LogP) is 2.23. The summed E-state index contributed by atoms with van der Waals surface area (Å²) in [6, 6.07) is 6.37. The Morgan fingerprint density at radius 2 is 2.04 bits per heavy atom. The Bertz CT molecular complexity index is 604. The summed E-state index contributed by atoms with van der Waals surface area (Å²) in [7, 11) is 1.47. The number of hydrogen-bond donors (Lipinski definition) is 1. The average molecular weight is 344 g/mol. The molecule has 1 saturated heterocycles. The van der Waals surface area contributed by atoms with Gasteiger partial charge < -0.3 is 15.0 Å². The number of rotatable bonds is 4. The second kappa shape index (κ2) is 7.55. The molecular weight excluding hydrogens is 325 g/mol. The maximum absolute atomic E-state index is 12.8. The van der Waals surface area contributed by atoms with E-state index in [2.05, 4.69) is 5.32 Å². The van der Waals surface area contributed by atoms with Crippen molar-refractivity contribution in [1.82, 2.24) is 10.2 Å². The van der Waals surface area contributed by atoms with Crippen LogP contribution in [0.5, 0.6) is 5.75 Å². The predicted molar refractivity (Wildman–Crippen MR) is 80.7 cm³/mol. The van der Waals surface area contributed by atoms with Gasteiger partial charge in [-0.3, -0.25) is 9.59 Å². The van der Waals surface area contributed by atoms with E-state index in [1.807, 2.05) is 0 Å². The second-order valence-electron chi connectivity index (χ2n) is 5.58. The topological polar surface area (TPSA) is 58.6 Å². The summed E-state index contributed by atoms with van der Waals surface area (Å²) in [6.45, 7) is -0.465. The monoisotopic (exact) mass is 344 g/mol. The van der Waals surface area contributed by atoms with Crippen molar-refractivity contribution in [2.24, 2.45) is 5.92 Å². The highest BCUT2D eigenvalue weighted by Crippen LogP contribution is 2.33. The minimum atomic E-state index is -4.30. The van der Waals surface area contributed by atoms with Crippen LogP contribution < -0.4 is 10.1 Å². The van der Waals surface area contributed by atoms with Crippen LogP contribution in [0.25, 0.3) is 0 Å². The van der Waals surface area contributed by atoms with Crippen molar-refractivity contribution in [2.75, 3.05) is 26.7 Å². The molecule has 0 unspecified atom stereocenters. The normalized spacial score (nSPS) is 18.2. The molecule has 0 aromatic heterocycles. The van der Waals surface area contributed by atoms with Crippen LogP contribution in [0.15, 0.2) is 24.3 Å². The third-order valence-corrected chi connectivity index (χ3v) is 3.95. The van der Waals surface area contributed by atoms with Gasteiger partial charge in [0.05, 0.1) is 11.5 Å². The summed E-state index contributed by atoms with van der Waals surface area (Å²) < 4.78 is 43.8. The first kappa shape index (κ1) is 18.1. The lowest BCUT2D eigenvalue weighted by molar-refractivity contribution is -0.188. The molecular formula is C16H19F3N2O3. The summed E-state index contributed by atoms with van der Waals surface area (Å²) in [4.78, 5) is 25.0. The number of para-hydroxylation sites is 1. The Kier molecular flexibility index (Phi) is 5.69. The molecule has 1 aliphatic heterocycles. The number of alkyl halides is 3. The van der Waals surface area contributed by atoms with Crippen LogP contribution in [0, 0.1) is 5.92 Å². The highest BCUT2D eigenvalue weighted by Gasteiger charge is 2.42. The van der Waals surface area contributed by atoms with Gasteiger partial charge in [-0.05, 0) is 25.0 Å². The van der Waals surface area contributed by atoms with Gasteiger partial charge >= 0.3 is 6.18 Å². The van der Waals surface area contributed by atoms with E-state index in [1.165, 1.54) is 18.0 Å². The van der Waals surface area contributed by atoms with Gasteiger partial charge in [-0.1, -0.05) is 12.1 Å². The molecule has 0 radical (unpaired) electrons. The molecule has 0 spiro atoms. The number of amides is 2. The van der Waals surface area contributed by atoms with Crippen molar-refractivity contribution in [3.8, 4) is 5.75 Å². The van der Waals surface area contributed by atoms with Gasteiger partial charge in [0, 0.05) is 20.1 Å². The zero-order valence-electron chi connectivity index (χ0n) is 13.2. The number of benzene rings is 1. The fraction of sp³-hybridized carbons (Fsp3) is 0.500. The second-order valence-corrected chi connectivity index (χ2v) is 5.58. The average Bonchev–Trinajstić information content (AvgIpc) is 2.58. The highest BCUT2D eigenvalue weighted by atomic mass is 19.4. The SMILES string of the molecule is CNC(=O)c1ccccc1OCC(=O)N1CCC[C@H](C(F)(F)F)C1. The van der Waals surface area contributed by atoms with E-state index in [4.69, 9.17) is 4.74 Å². The molecule has 1 heterocycles. The molecule has 8 heteroatoms. The number of piperidine rings is 1. The fourth-order valence-electron chi connectivity index (χ4n) is 2.62. The molecule has 1 aliphatic rings. The van der Waals surface area contributed by atoms with Crippen molar-refractivity contribution >= 4 is 11.8 Å². The molecule has 0 saturated carbocycles. The van der Waals surface area contributed by atoms with Crippen LogP contribution in [-0.4, -0.2) is 49.6 Å². The molecule has 1 aromatic rings. The Balaban J connectivity index is 1.97. The Morgan fingerprint density at radius 1 is 1.33 bits per heavy atom. The van der Waals surface area contributed by atoms with Crippen LogP contribution >= 0.6 is 0 Å². The molecule has 5 nitrogen and oxygen atoms in total. The molecule has 1 aromatic carbocycles. The van der Waals surface area contributed by atoms with E-state index in [0.717, 1.165) is 0 Å². The van der Waals surface area contributed by atoms with Crippen molar-refractivity contribution in [3.05, 3.63) is 29.8 Å². The van der Waals surface area contributed by atoms with Crippen LogP contribution in [0.1, 0.15) is 23.2 Å². The Morgan fingerprint density at radius 3 is 2.71 bits per heavy atom. The maximum Gasteiger partial charge on any atom is 0.393 e. The minimum Gasteiger partial charge on any atom is -0.483 e. The van der Waals surface area contributed by atoms with Gasteiger partial charge in [0.2, 0.25) is 0 Å². The first-order chi connectivity index (χ1) is 11.3. The molecule has 1 N–H and O–H groups in total. The molecule has 0 aliphatic carbocycles. The molecule has 0 bridgehead atoms. The number of nitrogens with one attached hydrogen (secondary N) is 1. The number of carbonyl (C=O) groups is 2. The van der Waals surface area contributed by atoms with E-state index in [9.17, 15) is 22.8 Å². The van der Waals surface area contributed by atoms with E-state index in [0.29, 0.717) is 6.42 Å². The van der Waals surface area contributed by atoms with E-state index in [-0.39, 0.29) is 36.7 Å². The van der Waals surface area contributed by atoms with Crippen LogP contribution in [0.2, 0.25) is 0 Å². The van der Waals surface area contributed by atoms with E-state index >= 15 is 0 Å². The number of likely N-dealkylation sites (tertiary alicyclic amines) is 1. The van der Waals surface area contributed by atoms with Gasteiger partial charge in [0.1, 0.15) is 5.75 Å². The third kappa shape index (κ3) is 4.39. The highest BCUT2D eigenvalue weighted by molar-refractivity contribution is 5.96. The first-order valence-corrected chi connectivity index (χ1v) is 7.61. The number of hydrogen-bond acceptors (Lipinski definition) is 3. The fourth-order valence-corrected chi connectivity index (χ4v) is 2.62. The summed E-state index contributed by atoms with van der Waals surface area (Å²) in [5.41, 5.74) is 0.264. The van der Waals surface area contributed by atoms with Gasteiger partial charge in [0.25, 0.3) is 11.8 Å². The lowest BCUT2D eigenvalue weighted by Crippen LogP contribution is -2.46. The van der Waals surface area contributed by atoms with Gasteiger partial charge in [-0.2, -0.15) is 13.2 Å². The van der Waals surface area contributed by atoms with E-state index < -0.39 is 24.6 Å². The lowest BCUT2D eigenvalue weighted by atomic mass is 9.97. The molecule has 24 heavy (non-hydrogen) atoms. The summed E-state index contributed by atoms with van der Waals surface area (Å²) >= 11 is 0. The zero-order valence-corrected chi connectivity index (χ0v) is 13.2. The molecule has 132 valence electrons. The van der Waals surface area contributed by atoms with Crippen molar-refractivity contribution in [3.63, 3.8) is 0 Å². The Labute approximate surface area is 137 Å². The largest absolute Gasteiger partial charge is 0.483 e. The zero-order chi connectivity index (χ0) is 17.7. The molecule has 2 amide bonds. The maximum atomic E-state index is 12.8. The quantitative estimate of drug-likeness (QED) is 0.911. The minimum absolute atomic E-state index is 0.0354. The van der Waals surface area contributed by atoms with Gasteiger partial charge in [-0.25, -0.2) is 0 Å². The number of carbonyl (C=O) groups excluding carboxylic acids is 2. The number of halogens is 3. The standard InChI is InChI=1S/C16H19F3N2O3/c1-20-15(23)12-6-2-3-7-13(12)24-10-14(22)21-8-4-5-11(9-21)16(17,18)19/h2-3,6-7,11H,4-5,8-10H2,1H3,(H,20,23)/t11-/m0/s1. The molecule has 1 fully saturated rings. The van der Waals surface area contributed by atoms with Gasteiger partial charge in [-0.15, -0.1) is 0 Å². The summed E-state index contributed by atoms with van der Waals surface area (Å²) in [5, 5.41) is 2.46. The lowest BCUT2D eigenvalue weighted by Gasteiger charge is -2.33. The summed E-state index contributed by atoms with van der Waals surface area (Å²) in [6.07, 6.45) is -3.95. The van der Waals surface area contributed by atoms with Gasteiger partial charge in [0.15, 0.2) is 6.61 Å². The first-order valence-electron chi connectivity index (χ1n) is 7.61. The van der Waals surface area contributed by atoms with Crippen LogP contribution in [-0.2, 0) is 4.79 Å². The third-order valence-electron chi connectivity index (χ3n) is 3.95. The van der Waals surface area contributed by atoms with Crippen LogP contribution in [0.3, 0.4) is 0 Å². The van der Waals surface area contributed by atoms with E-state index in [1.54, 1.807) is 18.2 Å². The van der Waals surface area contributed by atoms with Crippen molar-refractivity contribution in [1.29, 1.82) is 0 Å². The summed E-state index contributed by atoms with van der Waals surface area (Å²) in [5.74, 6) is -2.16.